The third-order valence-electron chi connectivity index (χ3n) is 4.85. The molecule has 1 fully saturated rings. The Kier molecular flexibility index (Phi) is 5.79. The van der Waals surface area contributed by atoms with E-state index >= 15 is 0 Å². The van der Waals surface area contributed by atoms with E-state index in [0.717, 1.165) is 10.4 Å². The van der Waals surface area contributed by atoms with Gasteiger partial charge in [-0.2, -0.15) is 0 Å². The molecule has 1 N–H and O–H groups in total. The molecule has 0 aliphatic carbocycles. The Hall–Kier alpha value is -1.70. The fraction of sp³-hybridized carbons (Fsp3) is 0.421. The average Bonchev–Trinajstić information content (AvgIpc) is 3.25. The van der Waals surface area contributed by atoms with Crippen LogP contribution in [-0.2, 0) is 14.6 Å². The van der Waals surface area contributed by atoms with Crippen LogP contribution >= 0.6 is 11.3 Å². The molecule has 0 radical (unpaired) electrons. The minimum absolute atomic E-state index is 0.0553. The maximum absolute atomic E-state index is 12.6. The SMILES string of the molecule is Cc1ccc([C@H](NCC(=O)N(C)[C@@H]2CCS(=O)(=O)C2)c2cccs2)cc1. The van der Waals surface area contributed by atoms with Gasteiger partial charge in [-0.1, -0.05) is 35.9 Å². The number of aryl methyl sites for hydroxylation is 1. The number of benzene rings is 1. The zero-order valence-corrected chi connectivity index (χ0v) is 16.6. The Bertz CT molecular complexity index is 845. The number of hydrogen-bond donors (Lipinski definition) is 1. The fourth-order valence-electron chi connectivity index (χ4n) is 3.20. The molecular weight excluding hydrogens is 368 g/mol. The molecule has 0 bridgehead atoms. The molecule has 1 aromatic heterocycles. The molecule has 0 unspecified atom stereocenters. The molecule has 2 heterocycles. The smallest absolute Gasteiger partial charge is 0.236 e. The van der Waals surface area contributed by atoms with Gasteiger partial charge in [-0.25, -0.2) is 8.42 Å². The highest BCUT2D eigenvalue weighted by Gasteiger charge is 2.32. The van der Waals surface area contributed by atoms with Crippen molar-refractivity contribution in [1.82, 2.24) is 10.2 Å². The third-order valence-corrected chi connectivity index (χ3v) is 7.53. The summed E-state index contributed by atoms with van der Waals surface area (Å²) in [6, 6.07) is 12.1. The largest absolute Gasteiger partial charge is 0.341 e. The summed E-state index contributed by atoms with van der Waals surface area (Å²) in [5, 5.41) is 5.38. The Morgan fingerprint density at radius 1 is 1.31 bits per heavy atom. The van der Waals surface area contributed by atoms with E-state index < -0.39 is 9.84 Å². The van der Waals surface area contributed by atoms with Crippen molar-refractivity contribution in [3.05, 3.63) is 57.8 Å². The lowest BCUT2D eigenvalue weighted by atomic mass is 10.0. The van der Waals surface area contributed by atoms with Crippen molar-refractivity contribution in [3.8, 4) is 0 Å². The molecular formula is C19H24N2O3S2. The van der Waals surface area contributed by atoms with Gasteiger partial charge in [0.25, 0.3) is 0 Å². The summed E-state index contributed by atoms with van der Waals surface area (Å²) in [5.41, 5.74) is 2.30. The van der Waals surface area contributed by atoms with Gasteiger partial charge in [0.15, 0.2) is 9.84 Å². The van der Waals surface area contributed by atoms with E-state index in [-0.39, 0.29) is 36.0 Å². The molecule has 26 heavy (non-hydrogen) atoms. The first-order valence-corrected chi connectivity index (χ1v) is 11.4. The standard InChI is InChI=1S/C19H24N2O3S2/c1-14-5-7-15(8-6-14)19(17-4-3-10-25-17)20-12-18(22)21(2)16-9-11-26(23,24)13-16/h3-8,10,16,19-20H,9,11-13H2,1-2H3/t16-,19+/m1/s1. The second-order valence-electron chi connectivity index (χ2n) is 6.80. The van der Waals surface area contributed by atoms with Gasteiger partial charge in [0.2, 0.25) is 5.91 Å². The fourth-order valence-corrected chi connectivity index (χ4v) is 5.80. The number of sulfone groups is 1. The first kappa shape index (κ1) is 19.1. The van der Waals surface area contributed by atoms with Gasteiger partial charge >= 0.3 is 0 Å². The van der Waals surface area contributed by atoms with Crippen LogP contribution in [0, 0.1) is 6.92 Å². The average molecular weight is 393 g/mol. The van der Waals surface area contributed by atoms with E-state index in [4.69, 9.17) is 0 Å². The maximum Gasteiger partial charge on any atom is 0.236 e. The topological polar surface area (TPSA) is 66.5 Å². The number of nitrogens with one attached hydrogen (secondary N) is 1. The molecule has 1 aromatic carbocycles. The van der Waals surface area contributed by atoms with Crippen LogP contribution in [0.2, 0.25) is 0 Å². The van der Waals surface area contributed by atoms with Crippen molar-refractivity contribution in [3.63, 3.8) is 0 Å². The highest BCUT2D eigenvalue weighted by Crippen LogP contribution is 2.26. The zero-order valence-electron chi connectivity index (χ0n) is 15.0. The minimum atomic E-state index is -3.00. The lowest BCUT2D eigenvalue weighted by Gasteiger charge is -2.25. The molecule has 2 aromatic rings. The van der Waals surface area contributed by atoms with Gasteiger partial charge in [-0.15, -0.1) is 11.3 Å². The van der Waals surface area contributed by atoms with E-state index in [0.29, 0.717) is 6.42 Å². The van der Waals surface area contributed by atoms with Crippen LogP contribution in [0.15, 0.2) is 41.8 Å². The van der Waals surface area contributed by atoms with E-state index in [1.165, 1.54) is 5.56 Å². The van der Waals surface area contributed by atoms with Crippen LogP contribution in [0.3, 0.4) is 0 Å². The molecule has 1 saturated heterocycles. The van der Waals surface area contributed by atoms with Crippen LogP contribution in [0.5, 0.6) is 0 Å². The lowest BCUT2D eigenvalue weighted by Crippen LogP contribution is -2.43. The van der Waals surface area contributed by atoms with Crippen LogP contribution in [0.25, 0.3) is 0 Å². The highest BCUT2D eigenvalue weighted by molar-refractivity contribution is 7.91. The first-order chi connectivity index (χ1) is 12.4. The Labute approximate surface area is 159 Å². The quantitative estimate of drug-likeness (QED) is 0.820. The molecule has 1 aliphatic rings. The molecule has 5 nitrogen and oxygen atoms in total. The summed E-state index contributed by atoms with van der Waals surface area (Å²) in [6.45, 7) is 2.22. The van der Waals surface area contributed by atoms with Crippen LogP contribution in [0.4, 0.5) is 0 Å². The van der Waals surface area contributed by atoms with Crippen molar-refractivity contribution in [2.24, 2.45) is 0 Å². The van der Waals surface area contributed by atoms with Gasteiger partial charge in [0, 0.05) is 18.0 Å². The molecule has 0 saturated carbocycles. The molecule has 0 spiro atoms. The van der Waals surface area contributed by atoms with Gasteiger partial charge < -0.3 is 4.90 Å². The number of nitrogens with zero attached hydrogens (tertiary/aromatic N) is 1. The number of carbonyl (C=O) groups is 1. The summed E-state index contributed by atoms with van der Waals surface area (Å²) >= 11 is 1.65. The van der Waals surface area contributed by atoms with Gasteiger partial charge in [-0.3, -0.25) is 10.1 Å². The number of likely N-dealkylation sites (N-methyl/N-ethyl adjacent to an activating group) is 1. The predicted octanol–water partition coefficient (Wildman–Crippen LogP) is 2.38. The van der Waals surface area contributed by atoms with E-state index in [9.17, 15) is 13.2 Å². The zero-order chi connectivity index (χ0) is 18.7. The second kappa shape index (κ2) is 7.90. The normalized spacial score (nSPS) is 20.0. The number of rotatable bonds is 6. The number of amides is 1. The molecule has 2 atom stereocenters. The number of thiophene rings is 1. The van der Waals surface area contributed by atoms with Gasteiger partial charge in [0.05, 0.1) is 24.1 Å². The number of carbonyl (C=O) groups excluding carboxylic acids is 1. The maximum atomic E-state index is 12.6. The first-order valence-electron chi connectivity index (χ1n) is 8.65. The molecule has 7 heteroatoms. The monoisotopic (exact) mass is 392 g/mol. The summed E-state index contributed by atoms with van der Waals surface area (Å²) < 4.78 is 23.3. The summed E-state index contributed by atoms with van der Waals surface area (Å²) in [6.07, 6.45) is 0.525. The van der Waals surface area contributed by atoms with Crippen molar-refractivity contribution >= 4 is 27.1 Å². The molecule has 1 aliphatic heterocycles. The Balaban J connectivity index is 1.68. The highest BCUT2D eigenvalue weighted by atomic mass is 32.2. The summed E-state index contributed by atoms with van der Waals surface area (Å²) in [7, 11) is -1.30. The van der Waals surface area contributed by atoms with Crippen molar-refractivity contribution in [1.29, 1.82) is 0 Å². The number of hydrogen-bond acceptors (Lipinski definition) is 5. The van der Waals surface area contributed by atoms with E-state index in [1.807, 2.05) is 18.4 Å². The third kappa shape index (κ3) is 4.52. The van der Waals surface area contributed by atoms with E-state index in [1.54, 1.807) is 23.3 Å². The van der Waals surface area contributed by atoms with E-state index in [2.05, 4.69) is 35.6 Å². The van der Waals surface area contributed by atoms with Crippen LogP contribution in [0.1, 0.15) is 28.5 Å². The van der Waals surface area contributed by atoms with Crippen LogP contribution in [-0.4, -0.2) is 50.4 Å². The molecule has 140 valence electrons. The molecule has 1 amide bonds. The van der Waals surface area contributed by atoms with Gasteiger partial charge in [-0.05, 0) is 30.4 Å². The molecule has 3 rings (SSSR count). The summed E-state index contributed by atoms with van der Waals surface area (Å²) in [4.78, 5) is 15.3. The van der Waals surface area contributed by atoms with Gasteiger partial charge in [0.1, 0.15) is 0 Å². The van der Waals surface area contributed by atoms with Crippen LogP contribution < -0.4 is 5.32 Å². The predicted molar refractivity (Wildman–Crippen MR) is 105 cm³/mol. The Morgan fingerprint density at radius 2 is 2.04 bits per heavy atom. The second-order valence-corrected chi connectivity index (χ2v) is 10.0. The van der Waals surface area contributed by atoms with Crippen molar-refractivity contribution < 1.29 is 13.2 Å². The summed E-state index contributed by atoms with van der Waals surface area (Å²) in [5.74, 6) is 0.159. The minimum Gasteiger partial charge on any atom is -0.341 e. The van der Waals surface area contributed by atoms with Crippen molar-refractivity contribution in [2.45, 2.75) is 25.4 Å². The van der Waals surface area contributed by atoms with Crippen molar-refractivity contribution in [2.75, 3.05) is 25.1 Å². The Morgan fingerprint density at radius 3 is 2.62 bits per heavy atom. The lowest BCUT2D eigenvalue weighted by molar-refractivity contribution is -0.130.